The summed E-state index contributed by atoms with van der Waals surface area (Å²) in [6, 6.07) is 5.51. The summed E-state index contributed by atoms with van der Waals surface area (Å²) >= 11 is 12.0. The fourth-order valence-electron chi connectivity index (χ4n) is 3.46. The number of carbonyl (C=O) groups is 2. The van der Waals surface area contributed by atoms with Gasteiger partial charge in [-0.3, -0.25) is 9.59 Å². The van der Waals surface area contributed by atoms with E-state index in [9.17, 15) is 14.7 Å². The molecule has 0 spiro atoms. The van der Waals surface area contributed by atoms with Crippen LogP contribution in [0.25, 0.3) is 0 Å². The Labute approximate surface area is 156 Å². The van der Waals surface area contributed by atoms with Crippen molar-refractivity contribution in [2.75, 3.05) is 31.1 Å². The Morgan fingerprint density at radius 2 is 1.60 bits per heavy atom. The normalized spacial score (nSPS) is 23.6. The molecule has 1 aromatic rings. The first-order valence-corrected chi connectivity index (χ1v) is 9.09. The monoisotopic (exact) mass is 382 g/mol. The van der Waals surface area contributed by atoms with Crippen LogP contribution in [0.15, 0.2) is 30.4 Å². The molecule has 0 aromatic heterocycles. The van der Waals surface area contributed by atoms with E-state index in [4.69, 9.17) is 23.2 Å². The second kappa shape index (κ2) is 7.67. The molecule has 1 aliphatic carbocycles. The number of hydrogen-bond donors (Lipinski definition) is 1. The molecule has 1 saturated heterocycles. The van der Waals surface area contributed by atoms with Crippen molar-refractivity contribution in [2.45, 2.75) is 12.8 Å². The van der Waals surface area contributed by atoms with Gasteiger partial charge in [0.2, 0.25) is 5.91 Å². The van der Waals surface area contributed by atoms with Gasteiger partial charge in [0.05, 0.1) is 21.9 Å². The number of carboxylic acids is 1. The summed E-state index contributed by atoms with van der Waals surface area (Å²) < 4.78 is 0. The molecule has 0 bridgehead atoms. The molecule has 7 heteroatoms. The first-order valence-electron chi connectivity index (χ1n) is 8.34. The second-order valence-corrected chi connectivity index (χ2v) is 7.22. The lowest BCUT2D eigenvalue weighted by Crippen LogP contribution is -2.52. The number of piperazine rings is 1. The van der Waals surface area contributed by atoms with Crippen LogP contribution in [0.5, 0.6) is 0 Å². The minimum Gasteiger partial charge on any atom is -0.481 e. The Balaban J connectivity index is 1.63. The number of anilines is 1. The number of benzene rings is 1. The number of carbonyl (C=O) groups excluding carboxylic acids is 1. The maximum absolute atomic E-state index is 12.8. The van der Waals surface area contributed by atoms with Gasteiger partial charge in [-0.15, -0.1) is 0 Å². The van der Waals surface area contributed by atoms with Crippen LogP contribution in [0.2, 0.25) is 10.0 Å². The lowest BCUT2D eigenvalue weighted by atomic mass is 9.82. The van der Waals surface area contributed by atoms with Crippen molar-refractivity contribution in [1.82, 2.24) is 4.90 Å². The Morgan fingerprint density at radius 3 is 2.20 bits per heavy atom. The highest BCUT2D eigenvalue weighted by atomic mass is 35.5. The van der Waals surface area contributed by atoms with Crippen molar-refractivity contribution in [3.63, 3.8) is 0 Å². The Bertz CT molecular complexity index is 700. The zero-order valence-corrected chi connectivity index (χ0v) is 15.2. The summed E-state index contributed by atoms with van der Waals surface area (Å²) in [5, 5.41) is 10.4. The number of halogens is 2. The summed E-state index contributed by atoms with van der Waals surface area (Å²) in [6.07, 6.45) is 4.69. The van der Waals surface area contributed by atoms with Gasteiger partial charge in [-0.2, -0.15) is 0 Å². The molecular formula is C18H20Cl2N2O3. The third kappa shape index (κ3) is 3.93. The molecule has 25 heavy (non-hydrogen) atoms. The third-order valence-electron chi connectivity index (χ3n) is 4.93. The van der Waals surface area contributed by atoms with E-state index in [2.05, 4.69) is 4.90 Å². The second-order valence-electron chi connectivity index (χ2n) is 6.40. The average molecular weight is 383 g/mol. The lowest BCUT2D eigenvalue weighted by molar-refractivity contribution is -0.150. The zero-order chi connectivity index (χ0) is 18.0. The van der Waals surface area contributed by atoms with E-state index in [1.807, 2.05) is 24.3 Å². The minimum atomic E-state index is -0.892. The molecule has 2 atom stereocenters. The van der Waals surface area contributed by atoms with Crippen molar-refractivity contribution < 1.29 is 14.7 Å². The first-order chi connectivity index (χ1) is 12.0. The number of hydrogen-bond acceptors (Lipinski definition) is 3. The van der Waals surface area contributed by atoms with E-state index in [0.717, 1.165) is 5.69 Å². The molecule has 3 rings (SSSR count). The molecule has 0 unspecified atom stereocenters. The standard InChI is InChI=1S/C18H20Cl2N2O3/c19-15-6-5-12(11-16(15)20)21-7-9-22(10-8-21)17(23)13-3-1-2-4-14(13)18(24)25/h1-2,5-6,11,13-14H,3-4,7-10H2,(H,24,25)/t13-,14-/m0/s1. The van der Waals surface area contributed by atoms with Crippen molar-refractivity contribution >= 4 is 40.8 Å². The van der Waals surface area contributed by atoms with Crippen molar-refractivity contribution in [3.05, 3.63) is 40.4 Å². The van der Waals surface area contributed by atoms with E-state index in [0.29, 0.717) is 49.1 Å². The molecule has 1 amide bonds. The molecule has 1 fully saturated rings. The van der Waals surface area contributed by atoms with Gasteiger partial charge >= 0.3 is 5.97 Å². The largest absolute Gasteiger partial charge is 0.481 e. The number of amides is 1. The van der Waals surface area contributed by atoms with Crippen molar-refractivity contribution in [3.8, 4) is 0 Å². The van der Waals surface area contributed by atoms with Crippen LogP contribution in [0, 0.1) is 11.8 Å². The Kier molecular flexibility index (Phi) is 5.54. The quantitative estimate of drug-likeness (QED) is 0.814. The van der Waals surface area contributed by atoms with Crippen LogP contribution >= 0.6 is 23.2 Å². The highest BCUT2D eigenvalue weighted by molar-refractivity contribution is 6.42. The van der Waals surface area contributed by atoms with Crippen molar-refractivity contribution in [1.29, 1.82) is 0 Å². The van der Waals surface area contributed by atoms with E-state index < -0.39 is 17.8 Å². The van der Waals surface area contributed by atoms with Crippen LogP contribution in [0.4, 0.5) is 5.69 Å². The fourth-order valence-corrected chi connectivity index (χ4v) is 3.75. The number of allylic oxidation sites excluding steroid dienone is 2. The van der Waals surface area contributed by atoms with Crippen LogP contribution in [0.1, 0.15) is 12.8 Å². The van der Waals surface area contributed by atoms with Gasteiger partial charge in [-0.1, -0.05) is 35.4 Å². The number of rotatable bonds is 3. The molecular weight excluding hydrogens is 363 g/mol. The molecule has 0 saturated carbocycles. The summed E-state index contributed by atoms with van der Waals surface area (Å²) in [7, 11) is 0. The maximum Gasteiger partial charge on any atom is 0.307 e. The Hall–Kier alpha value is -1.72. The SMILES string of the molecule is O=C(O)[C@H]1CC=CC[C@@H]1C(=O)N1CCN(c2ccc(Cl)c(Cl)c2)CC1. The maximum atomic E-state index is 12.8. The van der Waals surface area contributed by atoms with Crippen LogP contribution < -0.4 is 4.90 Å². The third-order valence-corrected chi connectivity index (χ3v) is 5.67. The molecule has 1 heterocycles. The number of aliphatic carboxylic acids is 1. The predicted octanol–water partition coefficient (Wildman–Crippen LogP) is 3.31. The van der Waals surface area contributed by atoms with E-state index >= 15 is 0 Å². The Morgan fingerprint density at radius 1 is 0.960 bits per heavy atom. The molecule has 1 aliphatic heterocycles. The molecule has 1 aromatic carbocycles. The van der Waals surface area contributed by atoms with E-state index in [-0.39, 0.29) is 5.91 Å². The number of carboxylic acid groups (broad SMARTS) is 1. The van der Waals surface area contributed by atoms with Gasteiger partial charge in [-0.25, -0.2) is 0 Å². The van der Waals surface area contributed by atoms with Gasteiger partial charge in [0, 0.05) is 31.9 Å². The molecule has 1 N–H and O–H groups in total. The predicted molar refractivity (Wildman–Crippen MR) is 98.2 cm³/mol. The summed E-state index contributed by atoms with van der Waals surface area (Å²) in [6.45, 7) is 2.52. The van der Waals surface area contributed by atoms with Gasteiger partial charge in [0.25, 0.3) is 0 Å². The smallest absolute Gasteiger partial charge is 0.307 e. The fraction of sp³-hybridized carbons (Fsp3) is 0.444. The molecule has 5 nitrogen and oxygen atoms in total. The molecule has 0 radical (unpaired) electrons. The average Bonchev–Trinajstić information content (AvgIpc) is 2.63. The van der Waals surface area contributed by atoms with Gasteiger partial charge in [0.15, 0.2) is 0 Å². The molecule has 134 valence electrons. The minimum absolute atomic E-state index is 0.0504. The summed E-state index contributed by atoms with van der Waals surface area (Å²) in [4.78, 5) is 28.1. The van der Waals surface area contributed by atoms with Crippen molar-refractivity contribution in [2.24, 2.45) is 11.8 Å². The van der Waals surface area contributed by atoms with Crippen LogP contribution in [0.3, 0.4) is 0 Å². The van der Waals surface area contributed by atoms with Gasteiger partial charge in [0.1, 0.15) is 0 Å². The summed E-state index contributed by atoms with van der Waals surface area (Å²) in [5.41, 5.74) is 0.977. The van der Waals surface area contributed by atoms with E-state index in [1.54, 1.807) is 11.0 Å². The van der Waals surface area contributed by atoms with E-state index in [1.165, 1.54) is 0 Å². The summed E-state index contributed by atoms with van der Waals surface area (Å²) in [5.74, 6) is -2.02. The topological polar surface area (TPSA) is 60.9 Å². The molecule has 2 aliphatic rings. The highest BCUT2D eigenvalue weighted by Crippen LogP contribution is 2.30. The first kappa shape index (κ1) is 18.1. The zero-order valence-electron chi connectivity index (χ0n) is 13.7. The number of nitrogens with zero attached hydrogens (tertiary/aromatic N) is 2. The van der Waals surface area contributed by atoms with Gasteiger partial charge < -0.3 is 14.9 Å². The lowest BCUT2D eigenvalue weighted by Gasteiger charge is -2.38. The highest BCUT2D eigenvalue weighted by Gasteiger charge is 2.37. The van der Waals surface area contributed by atoms with Gasteiger partial charge in [-0.05, 0) is 31.0 Å². The van der Waals surface area contributed by atoms with Crippen LogP contribution in [-0.4, -0.2) is 48.1 Å². The van der Waals surface area contributed by atoms with Crippen LogP contribution in [-0.2, 0) is 9.59 Å².